The molecule has 2 aromatic carbocycles. The summed E-state index contributed by atoms with van der Waals surface area (Å²) in [5.74, 6) is 1.77. The number of aromatic nitrogens is 3. The Balaban J connectivity index is 1.73. The molecular formula is C25H27N5O2. The first-order valence-electron chi connectivity index (χ1n) is 10.5. The Hall–Kier alpha value is -3.87. The molecule has 0 fully saturated rings. The maximum atomic E-state index is 13.3. The summed E-state index contributed by atoms with van der Waals surface area (Å²) in [4.78, 5) is 27.7. The van der Waals surface area contributed by atoms with Crippen molar-refractivity contribution in [3.63, 3.8) is 0 Å². The van der Waals surface area contributed by atoms with Crippen LogP contribution >= 0.6 is 0 Å². The van der Waals surface area contributed by atoms with Gasteiger partial charge in [-0.05, 0) is 30.7 Å². The number of H-pyrrole nitrogens is 1. The van der Waals surface area contributed by atoms with Crippen molar-refractivity contribution in [2.75, 3.05) is 26.1 Å². The number of nitrogens with zero attached hydrogens (tertiary/aromatic N) is 3. The smallest absolute Gasteiger partial charge is 0.255 e. The molecular weight excluding hydrogens is 402 g/mol. The van der Waals surface area contributed by atoms with Crippen LogP contribution in [0.1, 0.15) is 33.5 Å². The first-order valence-corrected chi connectivity index (χ1v) is 10.5. The summed E-state index contributed by atoms with van der Waals surface area (Å²) in [6, 6.07) is 16.9. The lowest BCUT2D eigenvalue weighted by Gasteiger charge is -2.21. The highest BCUT2D eigenvalue weighted by atomic mass is 16.5. The summed E-state index contributed by atoms with van der Waals surface area (Å²) in [6.45, 7) is 1.86. The van der Waals surface area contributed by atoms with Crippen LogP contribution in [0.3, 0.4) is 0 Å². The summed E-state index contributed by atoms with van der Waals surface area (Å²) in [6.07, 6.45) is 2.57. The summed E-state index contributed by atoms with van der Waals surface area (Å²) in [5, 5.41) is 4.31. The molecule has 7 nitrogen and oxygen atoms in total. The lowest BCUT2D eigenvalue weighted by atomic mass is 10.0. The fourth-order valence-electron chi connectivity index (χ4n) is 3.80. The van der Waals surface area contributed by atoms with Gasteiger partial charge in [0.15, 0.2) is 0 Å². The molecule has 2 aromatic heterocycles. The van der Waals surface area contributed by atoms with Crippen LogP contribution < -0.4 is 15.0 Å². The number of carbonyl (C=O) groups excluding carboxylic acids is 1. The average molecular weight is 430 g/mol. The van der Waals surface area contributed by atoms with Gasteiger partial charge in [-0.2, -0.15) is 0 Å². The monoisotopic (exact) mass is 429 g/mol. The predicted molar refractivity (Wildman–Crippen MR) is 126 cm³/mol. The van der Waals surface area contributed by atoms with Crippen LogP contribution in [-0.4, -0.2) is 42.1 Å². The van der Waals surface area contributed by atoms with Crippen LogP contribution in [0.15, 0.2) is 60.8 Å². The molecule has 2 heterocycles. The number of aromatic amines is 1. The Bertz CT molecular complexity index is 1250. The first kappa shape index (κ1) is 21.4. The van der Waals surface area contributed by atoms with Crippen molar-refractivity contribution in [1.29, 1.82) is 0 Å². The van der Waals surface area contributed by atoms with E-state index in [0.29, 0.717) is 23.6 Å². The van der Waals surface area contributed by atoms with Gasteiger partial charge in [-0.3, -0.25) is 4.79 Å². The van der Waals surface area contributed by atoms with Crippen LogP contribution in [0.5, 0.6) is 5.75 Å². The molecule has 0 radical (unpaired) electrons. The van der Waals surface area contributed by atoms with Gasteiger partial charge in [0.05, 0.1) is 24.4 Å². The lowest BCUT2D eigenvalue weighted by molar-refractivity contribution is 0.0932. The van der Waals surface area contributed by atoms with Crippen molar-refractivity contribution in [2.24, 2.45) is 0 Å². The number of fused-ring (bicyclic) bond motifs is 1. The number of ether oxygens (including phenoxy) is 1. The number of aryl methyl sites for hydroxylation is 1. The van der Waals surface area contributed by atoms with Crippen molar-refractivity contribution in [3.05, 3.63) is 83.4 Å². The summed E-state index contributed by atoms with van der Waals surface area (Å²) in [7, 11) is 5.44. The third kappa shape index (κ3) is 4.42. The van der Waals surface area contributed by atoms with E-state index in [1.165, 1.54) is 0 Å². The number of nitrogens with one attached hydrogen (secondary N) is 2. The van der Waals surface area contributed by atoms with E-state index < -0.39 is 0 Å². The Morgan fingerprint density at radius 3 is 2.66 bits per heavy atom. The first-order chi connectivity index (χ1) is 15.5. The minimum Gasteiger partial charge on any atom is -0.496 e. The minimum atomic E-state index is -0.355. The number of carbonyl (C=O) groups is 1. The fraction of sp³-hybridized carbons (Fsp3) is 0.240. The highest BCUT2D eigenvalue weighted by molar-refractivity contribution is 5.97. The SMILES string of the molecule is COc1ccccc1C(=O)N[C@H](Cc1c[nH]c2ccccc12)c1cc(N(C)C)nc(C)n1. The molecule has 0 bridgehead atoms. The number of anilines is 1. The normalized spacial score (nSPS) is 11.9. The molecule has 32 heavy (non-hydrogen) atoms. The van der Waals surface area contributed by atoms with Gasteiger partial charge in [0.1, 0.15) is 17.4 Å². The van der Waals surface area contributed by atoms with Gasteiger partial charge in [-0.1, -0.05) is 30.3 Å². The molecule has 7 heteroatoms. The van der Waals surface area contributed by atoms with Crippen LogP contribution in [-0.2, 0) is 6.42 Å². The second-order valence-electron chi connectivity index (χ2n) is 7.88. The molecule has 0 saturated heterocycles. The maximum absolute atomic E-state index is 13.3. The van der Waals surface area contributed by atoms with E-state index in [9.17, 15) is 4.79 Å². The highest BCUT2D eigenvalue weighted by Gasteiger charge is 2.22. The van der Waals surface area contributed by atoms with E-state index in [1.807, 2.05) is 68.5 Å². The molecule has 164 valence electrons. The van der Waals surface area contributed by atoms with Crippen molar-refractivity contribution < 1.29 is 9.53 Å². The Labute approximate surface area is 187 Å². The van der Waals surface area contributed by atoms with Gasteiger partial charge >= 0.3 is 0 Å². The molecule has 2 N–H and O–H groups in total. The number of benzene rings is 2. The standard InChI is InChI=1S/C25H27N5O2/c1-16-27-22(14-24(28-16)30(2)3)21(13-17-15-26-20-11-7-5-9-18(17)20)29-25(31)19-10-6-8-12-23(19)32-4/h5-12,14-15,21,26H,13H2,1-4H3,(H,29,31)/t21-/m1/s1. The molecule has 1 amide bonds. The van der Waals surface area contributed by atoms with Gasteiger partial charge in [-0.25, -0.2) is 9.97 Å². The van der Waals surface area contributed by atoms with E-state index in [1.54, 1.807) is 19.2 Å². The predicted octanol–water partition coefficient (Wildman–Crippen LogP) is 4.05. The molecule has 0 spiro atoms. The quantitative estimate of drug-likeness (QED) is 0.463. The molecule has 0 aliphatic carbocycles. The zero-order valence-corrected chi connectivity index (χ0v) is 18.7. The van der Waals surface area contributed by atoms with Gasteiger partial charge < -0.3 is 19.9 Å². The molecule has 0 aliphatic rings. The fourth-order valence-corrected chi connectivity index (χ4v) is 3.80. The lowest BCUT2D eigenvalue weighted by Crippen LogP contribution is -2.31. The van der Waals surface area contributed by atoms with Gasteiger partial charge in [0.2, 0.25) is 0 Å². The summed E-state index contributed by atoms with van der Waals surface area (Å²) >= 11 is 0. The number of amides is 1. The van der Waals surface area contributed by atoms with Crippen molar-refractivity contribution >= 4 is 22.6 Å². The van der Waals surface area contributed by atoms with Crippen LogP contribution in [0.4, 0.5) is 5.82 Å². The molecule has 1 atom stereocenters. The van der Waals surface area contributed by atoms with Crippen molar-refractivity contribution in [1.82, 2.24) is 20.3 Å². The van der Waals surface area contributed by atoms with E-state index in [-0.39, 0.29) is 11.9 Å². The maximum Gasteiger partial charge on any atom is 0.255 e. The topological polar surface area (TPSA) is 83.1 Å². The van der Waals surface area contributed by atoms with E-state index in [2.05, 4.69) is 26.3 Å². The van der Waals surface area contributed by atoms with Crippen LogP contribution in [0.25, 0.3) is 10.9 Å². The molecule has 4 aromatic rings. The number of rotatable bonds is 7. The third-order valence-corrected chi connectivity index (χ3v) is 5.42. The molecule has 4 rings (SSSR count). The van der Waals surface area contributed by atoms with E-state index in [0.717, 1.165) is 28.0 Å². The largest absolute Gasteiger partial charge is 0.496 e. The van der Waals surface area contributed by atoms with Gasteiger partial charge in [0, 0.05) is 43.7 Å². The number of hydrogen-bond acceptors (Lipinski definition) is 5. The summed E-state index contributed by atoms with van der Waals surface area (Å²) < 4.78 is 5.39. The Morgan fingerprint density at radius 2 is 1.88 bits per heavy atom. The second kappa shape index (κ2) is 9.09. The Kier molecular flexibility index (Phi) is 6.07. The number of para-hydroxylation sites is 2. The third-order valence-electron chi connectivity index (χ3n) is 5.42. The Morgan fingerprint density at radius 1 is 1.12 bits per heavy atom. The van der Waals surface area contributed by atoms with Crippen molar-refractivity contribution in [2.45, 2.75) is 19.4 Å². The zero-order chi connectivity index (χ0) is 22.7. The highest BCUT2D eigenvalue weighted by Crippen LogP contribution is 2.26. The average Bonchev–Trinajstić information content (AvgIpc) is 3.21. The minimum absolute atomic E-state index is 0.213. The number of methoxy groups -OCH3 is 1. The molecule has 0 saturated carbocycles. The van der Waals surface area contributed by atoms with Crippen LogP contribution in [0, 0.1) is 6.92 Å². The number of hydrogen-bond donors (Lipinski definition) is 2. The molecule has 0 unspecified atom stereocenters. The van der Waals surface area contributed by atoms with Gasteiger partial charge in [-0.15, -0.1) is 0 Å². The van der Waals surface area contributed by atoms with E-state index in [4.69, 9.17) is 4.74 Å². The zero-order valence-electron chi connectivity index (χ0n) is 18.7. The molecule has 0 aliphatic heterocycles. The second-order valence-corrected chi connectivity index (χ2v) is 7.88. The summed E-state index contributed by atoms with van der Waals surface area (Å²) in [5.41, 5.74) is 3.41. The van der Waals surface area contributed by atoms with Crippen molar-refractivity contribution in [3.8, 4) is 5.75 Å². The van der Waals surface area contributed by atoms with E-state index >= 15 is 0 Å². The van der Waals surface area contributed by atoms with Gasteiger partial charge in [0.25, 0.3) is 5.91 Å². The van der Waals surface area contributed by atoms with Crippen LogP contribution in [0.2, 0.25) is 0 Å².